The number of benzene rings is 5. The van der Waals surface area contributed by atoms with E-state index in [0.717, 1.165) is 45.1 Å². The maximum atomic E-state index is 14.8. The Morgan fingerprint density at radius 2 is 0.431 bits per heavy atom. The van der Waals surface area contributed by atoms with Crippen molar-refractivity contribution in [3.8, 4) is 68.8 Å². The van der Waals surface area contributed by atoms with Crippen molar-refractivity contribution >= 4 is 54.6 Å². The number of pyridine rings is 6. The number of hydrogen-bond acceptors (Lipinski definition) is 7. The summed E-state index contributed by atoms with van der Waals surface area (Å²) in [5.41, 5.74) is 10.7. The molecular weight excluding hydrogens is 889 g/mol. The predicted octanol–water partition coefficient (Wildman–Crippen LogP) is 13.0. The summed E-state index contributed by atoms with van der Waals surface area (Å²) >= 11 is 0. The van der Waals surface area contributed by atoms with Crippen LogP contribution in [0.2, 0.25) is 0 Å². The molecule has 0 bridgehead atoms. The second-order valence-electron chi connectivity index (χ2n) is 17.5. The van der Waals surface area contributed by atoms with Gasteiger partial charge in [0.15, 0.2) is 0 Å². The lowest BCUT2D eigenvalue weighted by Crippen LogP contribution is -2.23. The summed E-state index contributed by atoms with van der Waals surface area (Å²) in [6, 6.07) is 76.3. The second-order valence-corrected chi connectivity index (χ2v) is 17.5. The van der Waals surface area contributed by atoms with Gasteiger partial charge in [0.25, 0.3) is 0 Å². The van der Waals surface area contributed by atoms with Crippen LogP contribution >= 0.6 is 0 Å². The summed E-state index contributed by atoms with van der Waals surface area (Å²) in [6.45, 7) is 0. The smallest absolute Gasteiger partial charge is 0.294 e. The molecule has 0 saturated carbocycles. The summed E-state index contributed by atoms with van der Waals surface area (Å²) in [5.74, 6) is 2.50. The summed E-state index contributed by atoms with van der Waals surface area (Å²) in [7, 11) is 0. The predicted molar refractivity (Wildman–Crippen MR) is 286 cm³/mol. The van der Waals surface area contributed by atoms with E-state index >= 15 is 0 Å². The van der Waals surface area contributed by atoms with Gasteiger partial charge in [0.1, 0.15) is 23.3 Å². The van der Waals surface area contributed by atoms with Crippen molar-refractivity contribution < 1.29 is 0 Å². The zero-order valence-electron chi connectivity index (χ0n) is 38.3. The molecule has 11 heteroatoms. The molecule has 9 aromatic heterocycles. The van der Waals surface area contributed by atoms with Crippen LogP contribution < -0.4 is 5.69 Å². The molecule has 338 valence electrons. The number of imidazole rings is 1. The van der Waals surface area contributed by atoms with Crippen LogP contribution in [0, 0.1) is 0 Å². The molecular formula is C61H38N10O. The van der Waals surface area contributed by atoms with Crippen LogP contribution in [0.3, 0.4) is 0 Å². The SMILES string of the molecule is O=c1n(-c2cccc(-c3cccc(-c4cccc(-n5c6ccccc6c6ccccc65)n4)n3)n2)c2ccccc2n1-c1cccc(-c2cccc(-c3cccc(-n4c5ccccc5c5ccccc54)n3)n2)n1. The maximum Gasteiger partial charge on any atom is 0.340 e. The highest BCUT2D eigenvalue weighted by atomic mass is 16.2. The molecule has 0 aliphatic heterocycles. The van der Waals surface area contributed by atoms with Gasteiger partial charge in [0.05, 0.1) is 78.7 Å². The Labute approximate surface area is 410 Å². The Bertz CT molecular complexity index is 4130. The monoisotopic (exact) mass is 926 g/mol. The number of nitrogens with zero attached hydrogens (tertiary/aromatic N) is 10. The Morgan fingerprint density at radius 1 is 0.208 bits per heavy atom. The zero-order chi connectivity index (χ0) is 47.7. The van der Waals surface area contributed by atoms with E-state index in [-0.39, 0.29) is 5.69 Å². The van der Waals surface area contributed by atoms with Gasteiger partial charge in [0.2, 0.25) is 0 Å². The van der Waals surface area contributed by atoms with Crippen molar-refractivity contribution in [1.82, 2.24) is 48.2 Å². The molecule has 0 N–H and O–H groups in total. The fourth-order valence-corrected chi connectivity index (χ4v) is 10.1. The minimum atomic E-state index is -0.314. The van der Waals surface area contributed by atoms with Crippen molar-refractivity contribution in [2.75, 3.05) is 0 Å². The number of fused-ring (bicyclic) bond motifs is 7. The minimum absolute atomic E-state index is 0.314. The average molecular weight is 927 g/mol. The Morgan fingerprint density at radius 3 is 0.722 bits per heavy atom. The standard InChI is InChI=1S/C61H38N10O/c72-61-70(59-37-15-27-49(66-59)45-23-11-21-43(62-45)47-25-13-35-57(64-47)68-51-29-5-1-17-39(51)40-18-2-6-30-52(40)68)55-33-9-10-34-56(55)71(61)60-38-16-28-50(67-60)46-24-12-22-44(63-46)48-26-14-36-58(65-48)69-53-31-7-3-19-41(53)42-20-4-8-32-54(42)69/h1-38H. The molecule has 0 fully saturated rings. The van der Waals surface area contributed by atoms with Crippen LogP contribution in [0.4, 0.5) is 0 Å². The molecule has 0 atom stereocenters. The normalized spacial score (nSPS) is 11.7. The molecule has 14 aromatic rings. The van der Waals surface area contributed by atoms with E-state index in [0.29, 0.717) is 56.8 Å². The Hall–Kier alpha value is -10.1. The van der Waals surface area contributed by atoms with Crippen molar-refractivity contribution in [2.24, 2.45) is 0 Å². The van der Waals surface area contributed by atoms with Gasteiger partial charge in [-0.15, -0.1) is 0 Å². The Balaban J connectivity index is 0.799. The molecule has 0 radical (unpaired) electrons. The van der Waals surface area contributed by atoms with Crippen LogP contribution in [0.25, 0.3) is 123 Å². The van der Waals surface area contributed by atoms with Crippen LogP contribution in [-0.4, -0.2) is 48.2 Å². The van der Waals surface area contributed by atoms with Gasteiger partial charge in [-0.3, -0.25) is 9.13 Å². The van der Waals surface area contributed by atoms with E-state index in [1.807, 2.05) is 133 Å². The van der Waals surface area contributed by atoms with E-state index in [9.17, 15) is 4.79 Å². The molecule has 0 saturated heterocycles. The first kappa shape index (κ1) is 40.9. The average Bonchev–Trinajstić information content (AvgIpc) is 4.08. The van der Waals surface area contributed by atoms with Crippen LogP contribution in [0.1, 0.15) is 0 Å². The summed E-state index contributed by atoms with van der Waals surface area (Å²) in [4.78, 5) is 45.5. The fourth-order valence-electron chi connectivity index (χ4n) is 10.1. The summed E-state index contributed by atoms with van der Waals surface area (Å²) in [6.07, 6.45) is 0. The van der Waals surface area contributed by atoms with Crippen molar-refractivity contribution in [2.45, 2.75) is 0 Å². The third-order valence-electron chi connectivity index (χ3n) is 13.3. The van der Waals surface area contributed by atoms with Gasteiger partial charge in [-0.1, -0.05) is 121 Å². The Kier molecular flexibility index (Phi) is 9.39. The van der Waals surface area contributed by atoms with Crippen molar-refractivity contribution in [3.63, 3.8) is 0 Å². The molecule has 0 spiro atoms. The van der Waals surface area contributed by atoms with E-state index in [1.165, 1.54) is 21.5 Å². The molecule has 0 amide bonds. The number of aromatic nitrogens is 10. The first-order valence-electron chi connectivity index (χ1n) is 23.7. The van der Waals surface area contributed by atoms with Gasteiger partial charge in [0, 0.05) is 21.5 Å². The molecule has 5 aromatic carbocycles. The second kappa shape index (κ2) is 16.5. The van der Waals surface area contributed by atoms with Gasteiger partial charge in [-0.25, -0.2) is 43.8 Å². The van der Waals surface area contributed by atoms with Crippen LogP contribution in [0.5, 0.6) is 0 Å². The van der Waals surface area contributed by atoms with E-state index in [1.54, 1.807) is 9.13 Å². The van der Waals surface area contributed by atoms with E-state index in [4.69, 9.17) is 29.9 Å². The topological polar surface area (TPSA) is 114 Å². The first-order chi connectivity index (χ1) is 35.6. The minimum Gasteiger partial charge on any atom is -0.294 e. The highest BCUT2D eigenvalue weighted by Gasteiger charge is 2.20. The third kappa shape index (κ3) is 6.63. The van der Waals surface area contributed by atoms with E-state index < -0.39 is 0 Å². The lowest BCUT2D eigenvalue weighted by molar-refractivity contribution is 0.886. The highest BCUT2D eigenvalue weighted by molar-refractivity contribution is 6.10. The van der Waals surface area contributed by atoms with Crippen molar-refractivity contribution in [3.05, 3.63) is 241 Å². The molecule has 11 nitrogen and oxygen atoms in total. The summed E-state index contributed by atoms with van der Waals surface area (Å²) < 4.78 is 7.65. The molecule has 0 aliphatic carbocycles. The summed E-state index contributed by atoms with van der Waals surface area (Å²) in [5, 5.41) is 4.68. The maximum absolute atomic E-state index is 14.8. The van der Waals surface area contributed by atoms with Gasteiger partial charge in [-0.2, -0.15) is 0 Å². The fraction of sp³-hybridized carbons (Fsp3) is 0. The molecule has 14 rings (SSSR count). The number of hydrogen-bond donors (Lipinski definition) is 0. The number of para-hydroxylation sites is 6. The molecule has 0 aliphatic rings. The van der Waals surface area contributed by atoms with Gasteiger partial charge in [-0.05, 0) is 109 Å². The van der Waals surface area contributed by atoms with Gasteiger partial charge < -0.3 is 0 Å². The third-order valence-corrected chi connectivity index (χ3v) is 13.3. The first-order valence-corrected chi connectivity index (χ1v) is 23.7. The van der Waals surface area contributed by atoms with Crippen LogP contribution in [-0.2, 0) is 0 Å². The zero-order valence-corrected chi connectivity index (χ0v) is 38.3. The highest BCUT2D eigenvalue weighted by Crippen LogP contribution is 2.34. The number of rotatable bonds is 8. The molecule has 9 heterocycles. The van der Waals surface area contributed by atoms with Crippen LogP contribution in [0.15, 0.2) is 235 Å². The molecule has 0 unspecified atom stereocenters. The van der Waals surface area contributed by atoms with Gasteiger partial charge >= 0.3 is 5.69 Å². The molecule has 72 heavy (non-hydrogen) atoms. The lowest BCUT2D eigenvalue weighted by atomic mass is 10.2. The quantitative estimate of drug-likeness (QED) is 0.149. The van der Waals surface area contributed by atoms with E-state index in [2.05, 4.69) is 106 Å². The van der Waals surface area contributed by atoms with Crippen molar-refractivity contribution in [1.29, 1.82) is 0 Å². The largest absolute Gasteiger partial charge is 0.340 e. The lowest BCUT2D eigenvalue weighted by Gasteiger charge is -2.10.